The van der Waals surface area contributed by atoms with E-state index in [1.807, 2.05) is 26.1 Å². The maximum absolute atomic E-state index is 12.4. The standard InChI is InChI=1S/C16H21N3O2/c1-10-7-13(10)15-6-5-12(21-15)9-18(3)16(20)14-8-17-19(4)11(14)2/h5-6,8,10,13H,7,9H2,1-4H3/t10-,13-/m0/s1. The van der Waals surface area contributed by atoms with Crippen LogP contribution in [0.5, 0.6) is 0 Å². The Kier molecular flexibility index (Phi) is 3.35. The third-order valence-electron chi connectivity index (χ3n) is 4.36. The van der Waals surface area contributed by atoms with Crippen LogP contribution in [0.25, 0.3) is 0 Å². The molecule has 2 aromatic heterocycles. The van der Waals surface area contributed by atoms with Crippen molar-refractivity contribution < 1.29 is 9.21 Å². The smallest absolute Gasteiger partial charge is 0.257 e. The fourth-order valence-electron chi connectivity index (χ4n) is 2.62. The summed E-state index contributed by atoms with van der Waals surface area (Å²) in [6, 6.07) is 4.01. The van der Waals surface area contributed by atoms with E-state index in [0.717, 1.165) is 23.1 Å². The van der Waals surface area contributed by atoms with Gasteiger partial charge in [-0.1, -0.05) is 6.92 Å². The summed E-state index contributed by atoms with van der Waals surface area (Å²) in [6.07, 6.45) is 2.82. The van der Waals surface area contributed by atoms with Gasteiger partial charge in [0, 0.05) is 25.7 Å². The van der Waals surface area contributed by atoms with Crippen LogP contribution < -0.4 is 0 Å². The van der Waals surface area contributed by atoms with Gasteiger partial charge in [-0.3, -0.25) is 9.48 Å². The van der Waals surface area contributed by atoms with Crippen molar-refractivity contribution in [3.8, 4) is 0 Å². The van der Waals surface area contributed by atoms with E-state index in [1.165, 1.54) is 6.42 Å². The molecule has 0 radical (unpaired) electrons. The van der Waals surface area contributed by atoms with Crippen molar-refractivity contribution >= 4 is 5.91 Å². The van der Waals surface area contributed by atoms with Crippen molar-refractivity contribution in [2.24, 2.45) is 13.0 Å². The van der Waals surface area contributed by atoms with Gasteiger partial charge in [0.1, 0.15) is 11.5 Å². The summed E-state index contributed by atoms with van der Waals surface area (Å²) in [6.45, 7) is 4.61. The molecule has 0 N–H and O–H groups in total. The predicted octanol–water partition coefficient (Wildman–Crippen LogP) is 2.72. The number of amides is 1. The van der Waals surface area contributed by atoms with E-state index in [9.17, 15) is 4.79 Å². The van der Waals surface area contributed by atoms with Gasteiger partial charge in [-0.05, 0) is 31.4 Å². The van der Waals surface area contributed by atoms with Crippen LogP contribution >= 0.6 is 0 Å². The van der Waals surface area contributed by atoms with Crippen molar-refractivity contribution in [2.75, 3.05) is 7.05 Å². The molecule has 5 nitrogen and oxygen atoms in total. The van der Waals surface area contributed by atoms with Crippen molar-refractivity contribution in [3.63, 3.8) is 0 Å². The molecule has 1 aliphatic rings. The monoisotopic (exact) mass is 287 g/mol. The number of hydrogen-bond donors (Lipinski definition) is 0. The third kappa shape index (κ3) is 2.60. The van der Waals surface area contributed by atoms with Crippen LogP contribution in [0.1, 0.15) is 46.8 Å². The summed E-state index contributed by atoms with van der Waals surface area (Å²) >= 11 is 0. The number of furan rings is 1. The maximum atomic E-state index is 12.4. The van der Waals surface area contributed by atoms with Crippen LogP contribution in [0.4, 0.5) is 0 Å². The zero-order valence-corrected chi connectivity index (χ0v) is 13.0. The molecule has 21 heavy (non-hydrogen) atoms. The molecular weight excluding hydrogens is 266 g/mol. The van der Waals surface area contributed by atoms with Crippen molar-refractivity contribution in [1.82, 2.24) is 14.7 Å². The largest absolute Gasteiger partial charge is 0.464 e. The molecule has 0 spiro atoms. The Morgan fingerprint density at radius 3 is 2.81 bits per heavy atom. The molecule has 2 aromatic rings. The molecule has 2 heterocycles. The van der Waals surface area contributed by atoms with E-state index in [2.05, 4.69) is 12.0 Å². The summed E-state index contributed by atoms with van der Waals surface area (Å²) in [5.74, 6) is 3.15. The van der Waals surface area contributed by atoms with E-state index in [0.29, 0.717) is 18.0 Å². The van der Waals surface area contributed by atoms with Crippen LogP contribution in [0, 0.1) is 12.8 Å². The predicted molar refractivity (Wildman–Crippen MR) is 79.0 cm³/mol. The first kappa shape index (κ1) is 13.9. The molecule has 1 saturated carbocycles. The lowest BCUT2D eigenvalue weighted by Gasteiger charge is -2.15. The SMILES string of the molecule is Cc1c(C(=O)N(C)Cc2ccc([C@H]3C[C@@H]3C)o2)cnn1C. The fourth-order valence-corrected chi connectivity index (χ4v) is 2.62. The van der Waals surface area contributed by atoms with Crippen LogP contribution in [-0.2, 0) is 13.6 Å². The molecule has 5 heteroatoms. The summed E-state index contributed by atoms with van der Waals surface area (Å²) < 4.78 is 7.56. The summed E-state index contributed by atoms with van der Waals surface area (Å²) in [7, 11) is 3.62. The van der Waals surface area contributed by atoms with Gasteiger partial charge in [0.2, 0.25) is 0 Å². The van der Waals surface area contributed by atoms with Crippen LogP contribution in [-0.4, -0.2) is 27.6 Å². The molecule has 0 bridgehead atoms. The highest BCUT2D eigenvalue weighted by Gasteiger charge is 2.36. The average Bonchev–Trinajstić information content (AvgIpc) is 2.85. The Morgan fingerprint density at radius 2 is 2.24 bits per heavy atom. The van der Waals surface area contributed by atoms with Crippen LogP contribution in [0.15, 0.2) is 22.7 Å². The number of aryl methyl sites for hydroxylation is 1. The maximum Gasteiger partial charge on any atom is 0.257 e. The quantitative estimate of drug-likeness (QED) is 0.868. The molecule has 3 rings (SSSR count). The number of carbonyl (C=O) groups excluding carboxylic acids is 1. The van der Waals surface area contributed by atoms with Crippen molar-refractivity contribution in [1.29, 1.82) is 0 Å². The normalized spacial score (nSPS) is 20.6. The molecule has 2 atom stereocenters. The zero-order valence-electron chi connectivity index (χ0n) is 13.0. The first-order chi connectivity index (χ1) is 9.97. The first-order valence-corrected chi connectivity index (χ1v) is 7.30. The minimum atomic E-state index is -0.0293. The second-order valence-electron chi connectivity index (χ2n) is 6.05. The zero-order chi connectivity index (χ0) is 15.1. The Hall–Kier alpha value is -2.04. The van der Waals surface area contributed by atoms with Crippen molar-refractivity contribution in [3.05, 3.63) is 41.1 Å². The Morgan fingerprint density at radius 1 is 1.52 bits per heavy atom. The van der Waals surface area contributed by atoms with Gasteiger partial charge >= 0.3 is 0 Å². The highest BCUT2D eigenvalue weighted by molar-refractivity contribution is 5.94. The van der Waals surface area contributed by atoms with E-state index < -0.39 is 0 Å². The lowest BCUT2D eigenvalue weighted by Crippen LogP contribution is -2.26. The minimum absolute atomic E-state index is 0.0293. The van der Waals surface area contributed by atoms with Crippen molar-refractivity contribution in [2.45, 2.75) is 32.7 Å². The van der Waals surface area contributed by atoms with Crippen LogP contribution in [0.3, 0.4) is 0 Å². The lowest BCUT2D eigenvalue weighted by molar-refractivity contribution is 0.0774. The molecule has 1 fully saturated rings. The second kappa shape index (κ2) is 5.06. The molecule has 1 aliphatic carbocycles. The van der Waals surface area contributed by atoms with E-state index >= 15 is 0 Å². The van der Waals surface area contributed by atoms with Crippen LogP contribution in [0.2, 0.25) is 0 Å². The molecule has 0 unspecified atom stereocenters. The third-order valence-corrected chi connectivity index (χ3v) is 4.36. The molecule has 0 saturated heterocycles. The van der Waals surface area contributed by atoms with Gasteiger partial charge in [-0.25, -0.2) is 0 Å². The highest BCUT2D eigenvalue weighted by Crippen LogP contribution is 2.47. The highest BCUT2D eigenvalue weighted by atomic mass is 16.3. The van der Waals surface area contributed by atoms with Gasteiger partial charge in [0.05, 0.1) is 18.3 Å². The topological polar surface area (TPSA) is 51.3 Å². The Labute approximate surface area is 124 Å². The molecule has 0 aliphatic heterocycles. The molecular formula is C16H21N3O2. The Balaban J connectivity index is 1.68. The molecule has 0 aromatic carbocycles. The van der Waals surface area contributed by atoms with Gasteiger partial charge in [-0.2, -0.15) is 5.10 Å². The number of nitrogens with zero attached hydrogens (tertiary/aromatic N) is 3. The Bertz CT molecular complexity index is 671. The number of carbonyl (C=O) groups is 1. The van der Waals surface area contributed by atoms with Gasteiger partial charge in [-0.15, -0.1) is 0 Å². The lowest BCUT2D eigenvalue weighted by atomic mass is 10.2. The molecule has 112 valence electrons. The summed E-state index contributed by atoms with van der Waals surface area (Å²) in [5.41, 5.74) is 1.52. The number of hydrogen-bond acceptors (Lipinski definition) is 3. The van der Waals surface area contributed by atoms with Gasteiger partial charge in [0.15, 0.2) is 0 Å². The summed E-state index contributed by atoms with van der Waals surface area (Å²) in [5, 5.41) is 4.12. The van der Waals surface area contributed by atoms with Gasteiger partial charge in [0.25, 0.3) is 5.91 Å². The molecule has 1 amide bonds. The fraction of sp³-hybridized carbons (Fsp3) is 0.500. The van der Waals surface area contributed by atoms with E-state index in [-0.39, 0.29) is 5.91 Å². The minimum Gasteiger partial charge on any atom is -0.464 e. The average molecular weight is 287 g/mol. The number of aromatic nitrogens is 2. The second-order valence-corrected chi connectivity index (χ2v) is 6.05. The van der Waals surface area contributed by atoms with Gasteiger partial charge < -0.3 is 9.32 Å². The number of rotatable bonds is 4. The summed E-state index contributed by atoms with van der Waals surface area (Å²) in [4.78, 5) is 14.1. The van der Waals surface area contributed by atoms with E-state index in [1.54, 1.807) is 22.8 Å². The first-order valence-electron chi connectivity index (χ1n) is 7.30. The van der Waals surface area contributed by atoms with E-state index in [4.69, 9.17) is 4.42 Å².